The fraction of sp³-hybridized carbons (Fsp3) is 0.462. The molecule has 0 radical (unpaired) electrons. The molecule has 3 atom stereocenters. The van der Waals surface area contributed by atoms with Gasteiger partial charge in [0.15, 0.2) is 9.84 Å². The van der Waals surface area contributed by atoms with Crippen molar-refractivity contribution in [3.63, 3.8) is 0 Å². The highest BCUT2D eigenvalue weighted by Gasteiger charge is 2.42. The molecule has 1 aliphatic heterocycles. The molecule has 20 heavy (non-hydrogen) atoms. The number of carbonyl (C=O) groups is 1. The first kappa shape index (κ1) is 14.9. The molecule has 1 saturated heterocycles. The van der Waals surface area contributed by atoms with Gasteiger partial charge in [-0.3, -0.25) is 10.1 Å². The van der Waals surface area contributed by atoms with Crippen LogP contribution in [0.3, 0.4) is 0 Å². The Kier molecular flexibility index (Phi) is 4.10. The van der Waals surface area contributed by atoms with Gasteiger partial charge in [-0.1, -0.05) is 18.2 Å². The topological polar surface area (TPSA) is 72.5 Å². The average molecular weight is 301 g/mol. The summed E-state index contributed by atoms with van der Waals surface area (Å²) in [6.07, 6.45) is 0. The molecule has 1 aromatic rings. The fourth-order valence-electron chi connectivity index (χ4n) is 2.34. The normalized spacial score (nSPS) is 28.9. The van der Waals surface area contributed by atoms with Gasteiger partial charge in [-0.05, 0) is 13.0 Å². The van der Waals surface area contributed by atoms with Gasteiger partial charge in [-0.25, -0.2) is 12.8 Å². The van der Waals surface area contributed by atoms with E-state index in [0.717, 1.165) is 0 Å². The summed E-state index contributed by atoms with van der Waals surface area (Å²) in [6.45, 7) is 1.51. The first-order chi connectivity index (χ1) is 9.36. The minimum absolute atomic E-state index is 0.233. The first-order valence-corrected chi connectivity index (χ1v) is 7.88. The van der Waals surface area contributed by atoms with E-state index in [1.165, 1.54) is 32.2 Å². The summed E-state index contributed by atoms with van der Waals surface area (Å²) in [5.74, 6) is -1.51. The molecule has 5 nitrogen and oxygen atoms in total. The number of nitrogens with one attached hydrogen (secondary N) is 1. The predicted molar refractivity (Wildman–Crippen MR) is 71.3 cm³/mol. The number of ether oxygens (including phenoxy) is 1. The minimum atomic E-state index is -3.51. The minimum Gasteiger partial charge on any atom is -0.468 e. The number of benzene rings is 1. The van der Waals surface area contributed by atoms with Gasteiger partial charge >= 0.3 is 5.97 Å². The van der Waals surface area contributed by atoms with Crippen LogP contribution in [-0.4, -0.2) is 38.5 Å². The Bertz CT molecular complexity index is 617. The van der Waals surface area contributed by atoms with Gasteiger partial charge in [0.25, 0.3) is 0 Å². The quantitative estimate of drug-likeness (QED) is 0.819. The Morgan fingerprint density at radius 1 is 1.40 bits per heavy atom. The highest BCUT2D eigenvalue weighted by atomic mass is 32.2. The average Bonchev–Trinajstić information content (AvgIpc) is 2.41. The zero-order valence-electron chi connectivity index (χ0n) is 11.2. The number of rotatable bonds is 2. The molecule has 0 aromatic heterocycles. The number of halogens is 1. The van der Waals surface area contributed by atoms with Crippen molar-refractivity contribution in [3.05, 3.63) is 35.6 Å². The Morgan fingerprint density at radius 2 is 2.05 bits per heavy atom. The van der Waals surface area contributed by atoms with E-state index in [2.05, 4.69) is 10.1 Å². The van der Waals surface area contributed by atoms with Crippen molar-refractivity contribution >= 4 is 15.8 Å². The van der Waals surface area contributed by atoms with Crippen molar-refractivity contribution in [2.45, 2.75) is 24.3 Å². The van der Waals surface area contributed by atoms with Crippen LogP contribution in [0.5, 0.6) is 0 Å². The van der Waals surface area contributed by atoms with E-state index >= 15 is 0 Å². The van der Waals surface area contributed by atoms with Crippen LogP contribution in [0.15, 0.2) is 24.3 Å². The van der Waals surface area contributed by atoms with E-state index in [9.17, 15) is 17.6 Å². The molecule has 1 aliphatic rings. The summed E-state index contributed by atoms with van der Waals surface area (Å²) < 4.78 is 42.7. The summed E-state index contributed by atoms with van der Waals surface area (Å²) in [4.78, 5) is 11.6. The van der Waals surface area contributed by atoms with Crippen LogP contribution in [0.4, 0.5) is 4.39 Å². The van der Waals surface area contributed by atoms with Crippen molar-refractivity contribution in [2.75, 3.05) is 12.9 Å². The molecule has 7 heteroatoms. The predicted octanol–water partition coefficient (Wildman–Crippen LogP) is 0.815. The third kappa shape index (κ3) is 2.69. The number of sulfone groups is 1. The molecule has 0 amide bonds. The molecule has 0 bridgehead atoms. The molecule has 1 aromatic carbocycles. The zero-order valence-corrected chi connectivity index (χ0v) is 12.0. The fourth-order valence-corrected chi connectivity index (χ4v) is 3.98. The second kappa shape index (κ2) is 5.49. The van der Waals surface area contributed by atoms with Crippen LogP contribution < -0.4 is 5.32 Å². The third-order valence-electron chi connectivity index (χ3n) is 3.54. The van der Waals surface area contributed by atoms with E-state index in [-0.39, 0.29) is 11.3 Å². The van der Waals surface area contributed by atoms with Gasteiger partial charge in [0.1, 0.15) is 11.9 Å². The van der Waals surface area contributed by atoms with Crippen molar-refractivity contribution in [1.29, 1.82) is 0 Å². The van der Waals surface area contributed by atoms with Crippen molar-refractivity contribution in [2.24, 2.45) is 0 Å². The SMILES string of the molecule is COC(=O)C1CS(=O)(=O)C(C)C(c2ccccc2F)N1. The molecule has 1 heterocycles. The lowest BCUT2D eigenvalue weighted by Gasteiger charge is -2.34. The van der Waals surface area contributed by atoms with Gasteiger partial charge in [0, 0.05) is 5.56 Å². The molecule has 0 saturated carbocycles. The van der Waals surface area contributed by atoms with Gasteiger partial charge in [0.05, 0.1) is 24.2 Å². The molecule has 0 spiro atoms. The maximum absolute atomic E-state index is 13.9. The molecule has 1 N–H and O–H groups in total. The van der Waals surface area contributed by atoms with Crippen molar-refractivity contribution < 1.29 is 22.3 Å². The lowest BCUT2D eigenvalue weighted by Crippen LogP contribution is -2.55. The van der Waals surface area contributed by atoms with Crippen molar-refractivity contribution in [3.8, 4) is 0 Å². The third-order valence-corrected chi connectivity index (χ3v) is 5.74. The molecule has 1 fully saturated rings. The van der Waals surface area contributed by atoms with Crippen molar-refractivity contribution in [1.82, 2.24) is 5.32 Å². The highest BCUT2D eigenvalue weighted by Crippen LogP contribution is 2.29. The van der Waals surface area contributed by atoms with Crippen LogP contribution in [0.25, 0.3) is 0 Å². The van der Waals surface area contributed by atoms with E-state index in [4.69, 9.17) is 0 Å². The number of hydrogen-bond donors (Lipinski definition) is 1. The second-order valence-corrected chi connectivity index (χ2v) is 7.18. The van der Waals surface area contributed by atoms with Gasteiger partial charge < -0.3 is 4.74 Å². The Labute approximate surface area is 117 Å². The van der Waals surface area contributed by atoms with E-state index in [1.54, 1.807) is 6.07 Å². The standard InChI is InChI=1S/C13H16FNO4S/c1-8-12(9-5-3-4-6-10(9)14)15-11(13(16)19-2)7-20(8,17)18/h3-6,8,11-12,15H,7H2,1-2H3. The number of hydrogen-bond acceptors (Lipinski definition) is 5. The molecular weight excluding hydrogens is 285 g/mol. The summed E-state index contributed by atoms with van der Waals surface area (Å²) in [5.41, 5.74) is 0.233. The molecular formula is C13H16FNO4S. The molecule has 110 valence electrons. The van der Waals surface area contributed by atoms with Crippen LogP contribution in [0.1, 0.15) is 18.5 Å². The van der Waals surface area contributed by atoms with E-state index in [0.29, 0.717) is 0 Å². The van der Waals surface area contributed by atoms with Gasteiger partial charge in [0.2, 0.25) is 0 Å². The van der Waals surface area contributed by atoms with E-state index < -0.39 is 39.0 Å². The summed E-state index contributed by atoms with van der Waals surface area (Å²) in [5, 5.41) is 2.05. The monoisotopic (exact) mass is 301 g/mol. The largest absolute Gasteiger partial charge is 0.468 e. The number of carbonyl (C=O) groups excluding carboxylic acids is 1. The zero-order chi connectivity index (χ0) is 14.9. The summed E-state index contributed by atoms with van der Waals surface area (Å²) in [6, 6.07) is 4.17. The Morgan fingerprint density at radius 3 is 2.65 bits per heavy atom. The molecule has 0 aliphatic carbocycles. The second-order valence-electron chi connectivity index (χ2n) is 4.78. The Hall–Kier alpha value is -1.47. The summed E-state index contributed by atoms with van der Waals surface area (Å²) >= 11 is 0. The maximum atomic E-state index is 13.9. The van der Waals surface area contributed by atoms with E-state index in [1.807, 2.05) is 0 Å². The van der Waals surface area contributed by atoms with Crippen LogP contribution in [0.2, 0.25) is 0 Å². The molecule has 2 rings (SSSR count). The number of methoxy groups -OCH3 is 1. The van der Waals surface area contributed by atoms with Gasteiger partial charge in [-0.15, -0.1) is 0 Å². The van der Waals surface area contributed by atoms with Gasteiger partial charge in [-0.2, -0.15) is 0 Å². The smallest absolute Gasteiger partial charge is 0.323 e. The highest BCUT2D eigenvalue weighted by molar-refractivity contribution is 7.92. The maximum Gasteiger partial charge on any atom is 0.323 e. The van der Waals surface area contributed by atoms with Crippen LogP contribution >= 0.6 is 0 Å². The lowest BCUT2D eigenvalue weighted by atomic mass is 10.0. The number of esters is 1. The molecule has 3 unspecified atom stereocenters. The lowest BCUT2D eigenvalue weighted by molar-refractivity contribution is -0.142. The Balaban J connectivity index is 2.41. The van der Waals surface area contributed by atoms with Crippen LogP contribution in [0, 0.1) is 5.82 Å². The summed E-state index contributed by atoms with van der Waals surface area (Å²) in [7, 11) is -2.32. The van der Waals surface area contributed by atoms with Crippen LogP contribution in [-0.2, 0) is 19.4 Å². The first-order valence-electron chi connectivity index (χ1n) is 6.16.